The third-order valence-corrected chi connectivity index (χ3v) is 2.15. The van der Waals surface area contributed by atoms with Crippen LogP contribution in [0.25, 0.3) is 0 Å². The number of pyridine rings is 1. The molecule has 0 bridgehead atoms. The normalized spacial score (nSPS) is 10.7. The monoisotopic (exact) mass is 209 g/mol. The fraction of sp³-hybridized carbons (Fsp3) is 0.455. The van der Waals surface area contributed by atoms with Crippen LogP contribution in [0.4, 0.5) is 0 Å². The number of nitrogens with zero attached hydrogens (tertiary/aromatic N) is 1. The minimum atomic E-state index is -1.16. The van der Waals surface area contributed by atoms with E-state index in [1.54, 1.807) is 19.2 Å². The van der Waals surface area contributed by atoms with Crippen molar-refractivity contribution >= 4 is 5.97 Å². The summed E-state index contributed by atoms with van der Waals surface area (Å²) in [5.74, 6) is -0.845. The average molecular weight is 209 g/mol. The standard InChI is InChI=1S/C11H15NO3/c1-7(2)6-12-5-4-8(3)9(10(12)13)11(14)15/h4-5,7H,6H2,1-3H3,(H,14,15). The highest BCUT2D eigenvalue weighted by Crippen LogP contribution is 2.03. The summed E-state index contributed by atoms with van der Waals surface area (Å²) in [6.07, 6.45) is 1.64. The predicted octanol–water partition coefficient (Wildman–Crippen LogP) is 1.51. The number of hydrogen-bond donors (Lipinski definition) is 1. The number of aromatic nitrogens is 1. The highest BCUT2D eigenvalue weighted by molar-refractivity contribution is 5.88. The highest BCUT2D eigenvalue weighted by Gasteiger charge is 2.14. The highest BCUT2D eigenvalue weighted by atomic mass is 16.4. The van der Waals surface area contributed by atoms with E-state index >= 15 is 0 Å². The van der Waals surface area contributed by atoms with E-state index in [4.69, 9.17) is 5.11 Å². The lowest BCUT2D eigenvalue weighted by atomic mass is 10.1. The molecule has 0 saturated heterocycles. The summed E-state index contributed by atoms with van der Waals surface area (Å²) in [6.45, 7) is 6.13. The number of rotatable bonds is 3. The summed E-state index contributed by atoms with van der Waals surface area (Å²) in [6, 6.07) is 1.66. The van der Waals surface area contributed by atoms with Gasteiger partial charge in [-0.2, -0.15) is 0 Å². The van der Waals surface area contributed by atoms with Crippen molar-refractivity contribution in [2.24, 2.45) is 5.92 Å². The number of carbonyl (C=O) groups is 1. The third-order valence-electron chi connectivity index (χ3n) is 2.15. The Morgan fingerprint density at radius 1 is 1.53 bits per heavy atom. The zero-order valence-electron chi connectivity index (χ0n) is 9.15. The first-order valence-electron chi connectivity index (χ1n) is 4.86. The van der Waals surface area contributed by atoms with Gasteiger partial charge >= 0.3 is 5.97 Å². The summed E-state index contributed by atoms with van der Waals surface area (Å²) < 4.78 is 1.45. The van der Waals surface area contributed by atoms with Gasteiger partial charge in [-0.25, -0.2) is 4.79 Å². The van der Waals surface area contributed by atoms with Gasteiger partial charge in [-0.05, 0) is 24.5 Å². The molecule has 0 amide bonds. The zero-order chi connectivity index (χ0) is 11.6. The molecule has 4 heteroatoms. The topological polar surface area (TPSA) is 59.3 Å². The molecule has 0 atom stereocenters. The van der Waals surface area contributed by atoms with Crippen molar-refractivity contribution < 1.29 is 9.90 Å². The maximum Gasteiger partial charge on any atom is 0.341 e. The van der Waals surface area contributed by atoms with E-state index in [0.29, 0.717) is 18.0 Å². The van der Waals surface area contributed by atoms with E-state index in [2.05, 4.69) is 0 Å². The van der Waals surface area contributed by atoms with Crippen LogP contribution in [0.2, 0.25) is 0 Å². The molecule has 0 aromatic carbocycles. The van der Waals surface area contributed by atoms with E-state index in [-0.39, 0.29) is 5.56 Å². The summed E-state index contributed by atoms with van der Waals surface area (Å²) in [5, 5.41) is 8.89. The van der Waals surface area contributed by atoms with Crippen LogP contribution in [0.1, 0.15) is 29.8 Å². The Morgan fingerprint density at radius 3 is 2.60 bits per heavy atom. The van der Waals surface area contributed by atoms with Crippen molar-refractivity contribution in [1.82, 2.24) is 4.57 Å². The lowest BCUT2D eigenvalue weighted by Gasteiger charge is -2.10. The van der Waals surface area contributed by atoms with E-state index in [9.17, 15) is 9.59 Å². The van der Waals surface area contributed by atoms with Gasteiger partial charge in [0.05, 0.1) is 0 Å². The van der Waals surface area contributed by atoms with Gasteiger partial charge < -0.3 is 9.67 Å². The van der Waals surface area contributed by atoms with Gasteiger partial charge in [0.25, 0.3) is 5.56 Å². The third kappa shape index (κ3) is 2.46. The van der Waals surface area contributed by atoms with Crippen molar-refractivity contribution in [2.45, 2.75) is 27.3 Å². The van der Waals surface area contributed by atoms with Crippen molar-refractivity contribution in [2.75, 3.05) is 0 Å². The first kappa shape index (κ1) is 11.5. The Morgan fingerprint density at radius 2 is 2.13 bits per heavy atom. The Hall–Kier alpha value is -1.58. The Balaban J connectivity index is 3.29. The largest absolute Gasteiger partial charge is 0.477 e. The van der Waals surface area contributed by atoms with Gasteiger partial charge in [-0.1, -0.05) is 13.8 Å². The van der Waals surface area contributed by atoms with E-state index < -0.39 is 11.5 Å². The van der Waals surface area contributed by atoms with Gasteiger partial charge in [0.15, 0.2) is 0 Å². The van der Waals surface area contributed by atoms with Crippen molar-refractivity contribution in [3.63, 3.8) is 0 Å². The van der Waals surface area contributed by atoms with Gasteiger partial charge in [0.2, 0.25) is 0 Å². The van der Waals surface area contributed by atoms with Gasteiger partial charge in [0, 0.05) is 12.7 Å². The van der Waals surface area contributed by atoms with Crippen LogP contribution in [0.5, 0.6) is 0 Å². The maximum atomic E-state index is 11.7. The molecule has 0 aliphatic heterocycles. The molecule has 1 N–H and O–H groups in total. The second-order valence-corrected chi connectivity index (χ2v) is 4.03. The Bertz CT molecular complexity index is 432. The SMILES string of the molecule is Cc1ccn(CC(C)C)c(=O)c1C(=O)O. The van der Waals surface area contributed by atoms with Crippen molar-refractivity contribution in [3.8, 4) is 0 Å². The molecule has 82 valence electrons. The molecule has 0 saturated carbocycles. The quantitative estimate of drug-likeness (QED) is 0.820. The van der Waals surface area contributed by atoms with E-state index in [1.165, 1.54) is 4.57 Å². The predicted molar refractivity (Wildman–Crippen MR) is 57.2 cm³/mol. The first-order valence-corrected chi connectivity index (χ1v) is 4.86. The molecule has 1 heterocycles. The summed E-state index contributed by atoms with van der Waals surface area (Å²) in [4.78, 5) is 22.6. The fourth-order valence-corrected chi connectivity index (χ4v) is 1.46. The summed E-state index contributed by atoms with van der Waals surface area (Å²) >= 11 is 0. The number of carboxylic acid groups (broad SMARTS) is 1. The zero-order valence-corrected chi connectivity index (χ0v) is 9.15. The van der Waals surface area contributed by atoms with Crippen LogP contribution in [0.3, 0.4) is 0 Å². The number of hydrogen-bond acceptors (Lipinski definition) is 2. The number of carboxylic acids is 1. The Labute approximate surface area is 88.2 Å². The summed E-state index contributed by atoms with van der Waals surface area (Å²) in [7, 11) is 0. The van der Waals surface area contributed by atoms with E-state index in [1.807, 2.05) is 13.8 Å². The minimum absolute atomic E-state index is 0.127. The molecule has 0 radical (unpaired) electrons. The second-order valence-electron chi connectivity index (χ2n) is 4.03. The molecule has 15 heavy (non-hydrogen) atoms. The molecule has 0 aliphatic carbocycles. The minimum Gasteiger partial charge on any atom is -0.477 e. The van der Waals surface area contributed by atoms with Crippen molar-refractivity contribution in [3.05, 3.63) is 33.7 Å². The van der Waals surface area contributed by atoms with Crippen LogP contribution in [0.15, 0.2) is 17.1 Å². The molecule has 0 fully saturated rings. The lowest BCUT2D eigenvalue weighted by molar-refractivity contribution is 0.0693. The molecule has 4 nitrogen and oxygen atoms in total. The molecule has 0 unspecified atom stereocenters. The van der Waals surface area contributed by atoms with Crippen LogP contribution in [-0.4, -0.2) is 15.6 Å². The second kappa shape index (κ2) is 4.29. The number of aryl methyl sites for hydroxylation is 1. The van der Waals surface area contributed by atoms with E-state index in [0.717, 1.165) is 0 Å². The molecule has 1 rings (SSSR count). The summed E-state index contributed by atoms with van der Waals surface area (Å²) in [5.41, 5.74) is -0.0399. The Kier molecular flexibility index (Phi) is 3.29. The average Bonchev–Trinajstić information content (AvgIpc) is 2.09. The lowest BCUT2D eigenvalue weighted by Crippen LogP contribution is -2.28. The van der Waals surface area contributed by atoms with Crippen LogP contribution < -0.4 is 5.56 Å². The smallest absolute Gasteiger partial charge is 0.341 e. The van der Waals surface area contributed by atoms with Crippen LogP contribution >= 0.6 is 0 Å². The molecular formula is C11H15NO3. The molecule has 1 aromatic rings. The van der Waals surface area contributed by atoms with Crippen LogP contribution in [0, 0.1) is 12.8 Å². The molecule has 0 aliphatic rings. The molecule has 0 spiro atoms. The molecular weight excluding hydrogens is 194 g/mol. The number of aromatic carboxylic acids is 1. The van der Waals surface area contributed by atoms with Gasteiger partial charge in [-0.3, -0.25) is 4.79 Å². The first-order chi connectivity index (χ1) is 6.93. The molecule has 1 aromatic heterocycles. The van der Waals surface area contributed by atoms with Crippen molar-refractivity contribution in [1.29, 1.82) is 0 Å². The fourth-order valence-electron chi connectivity index (χ4n) is 1.46. The van der Waals surface area contributed by atoms with Gasteiger partial charge in [0.1, 0.15) is 5.56 Å². The van der Waals surface area contributed by atoms with Gasteiger partial charge in [-0.15, -0.1) is 0 Å². The maximum absolute atomic E-state index is 11.7. The van der Waals surface area contributed by atoms with Crippen LogP contribution in [-0.2, 0) is 6.54 Å².